The second-order valence-corrected chi connectivity index (χ2v) is 8.45. The Bertz CT molecular complexity index is 1190. The van der Waals surface area contributed by atoms with Gasteiger partial charge < -0.3 is 14.6 Å². The molecule has 5 nitrogen and oxygen atoms in total. The summed E-state index contributed by atoms with van der Waals surface area (Å²) < 4.78 is 7.41. The quantitative estimate of drug-likeness (QED) is 0.326. The number of carbonyl (C=O) groups is 1. The van der Waals surface area contributed by atoms with Gasteiger partial charge in [0.15, 0.2) is 5.16 Å². The van der Waals surface area contributed by atoms with Gasteiger partial charge in [0.1, 0.15) is 5.75 Å². The number of ether oxygens (including phenoxy) is 1. The number of hydrogen-bond acceptors (Lipinski definition) is 4. The number of amides is 1. The summed E-state index contributed by atoms with van der Waals surface area (Å²) in [5.74, 6) is 0.924. The number of nitrogens with one attached hydrogen (secondary N) is 1. The van der Waals surface area contributed by atoms with Gasteiger partial charge in [-0.2, -0.15) is 0 Å². The highest BCUT2D eigenvalue weighted by Gasteiger charge is 2.15. The third-order valence-electron chi connectivity index (χ3n) is 4.83. The molecule has 3 aromatic carbocycles. The van der Waals surface area contributed by atoms with E-state index in [4.69, 9.17) is 16.3 Å². The van der Waals surface area contributed by atoms with Crippen molar-refractivity contribution in [3.05, 3.63) is 95.6 Å². The van der Waals surface area contributed by atoms with Gasteiger partial charge in [-0.05, 0) is 48.0 Å². The Morgan fingerprint density at radius 1 is 1.06 bits per heavy atom. The molecule has 162 valence electrons. The SMILES string of the molecule is COc1ccc(-c2cnc(SCC(=O)Nc3cccc(Cl)c3)n2Cc2ccccc2)cc1. The van der Waals surface area contributed by atoms with E-state index in [0.717, 1.165) is 27.7 Å². The van der Waals surface area contributed by atoms with Gasteiger partial charge in [0.05, 0.1) is 31.3 Å². The molecule has 1 heterocycles. The van der Waals surface area contributed by atoms with Gasteiger partial charge in [-0.3, -0.25) is 4.79 Å². The maximum Gasteiger partial charge on any atom is 0.234 e. The summed E-state index contributed by atoms with van der Waals surface area (Å²) in [6.45, 7) is 0.653. The van der Waals surface area contributed by atoms with E-state index in [0.29, 0.717) is 17.3 Å². The maximum absolute atomic E-state index is 12.5. The van der Waals surface area contributed by atoms with Gasteiger partial charge in [0.2, 0.25) is 5.91 Å². The van der Waals surface area contributed by atoms with Crippen LogP contribution in [0.1, 0.15) is 5.56 Å². The topological polar surface area (TPSA) is 56.1 Å². The smallest absolute Gasteiger partial charge is 0.234 e. The van der Waals surface area contributed by atoms with Crippen molar-refractivity contribution < 1.29 is 9.53 Å². The lowest BCUT2D eigenvalue weighted by molar-refractivity contribution is -0.113. The summed E-state index contributed by atoms with van der Waals surface area (Å²) in [5.41, 5.74) is 3.85. The first kappa shape index (κ1) is 22.0. The molecule has 0 bridgehead atoms. The molecule has 1 amide bonds. The van der Waals surface area contributed by atoms with E-state index in [1.165, 1.54) is 11.8 Å². The third-order valence-corrected chi connectivity index (χ3v) is 6.05. The molecule has 0 saturated carbocycles. The molecule has 0 atom stereocenters. The number of hydrogen-bond donors (Lipinski definition) is 1. The summed E-state index contributed by atoms with van der Waals surface area (Å²) in [6.07, 6.45) is 1.85. The fraction of sp³-hybridized carbons (Fsp3) is 0.120. The first-order valence-corrected chi connectivity index (χ1v) is 11.4. The number of benzene rings is 3. The number of nitrogens with zero attached hydrogens (tertiary/aromatic N) is 2. The Morgan fingerprint density at radius 3 is 2.56 bits per heavy atom. The Labute approximate surface area is 196 Å². The van der Waals surface area contributed by atoms with Crippen molar-refractivity contribution in [1.82, 2.24) is 9.55 Å². The van der Waals surface area contributed by atoms with Crippen molar-refractivity contribution in [3.63, 3.8) is 0 Å². The van der Waals surface area contributed by atoms with Crippen LogP contribution in [0.5, 0.6) is 5.75 Å². The van der Waals surface area contributed by atoms with Crippen LogP contribution in [0.15, 0.2) is 90.2 Å². The monoisotopic (exact) mass is 463 g/mol. The van der Waals surface area contributed by atoms with Crippen molar-refractivity contribution in [1.29, 1.82) is 0 Å². The highest BCUT2D eigenvalue weighted by molar-refractivity contribution is 7.99. The van der Waals surface area contributed by atoms with Crippen LogP contribution < -0.4 is 10.1 Å². The molecule has 0 fully saturated rings. The van der Waals surface area contributed by atoms with Crippen LogP contribution in [0.4, 0.5) is 5.69 Å². The van der Waals surface area contributed by atoms with Gasteiger partial charge in [0.25, 0.3) is 0 Å². The second kappa shape index (κ2) is 10.4. The normalized spacial score (nSPS) is 10.7. The van der Waals surface area contributed by atoms with E-state index in [-0.39, 0.29) is 11.7 Å². The molecule has 0 saturated heterocycles. The molecule has 0 aliphatic heterocycles. The largest absolute Gasteiger partial charge is 0.497 e. The highest BCUT2D eigenvalue weighted by Crippen LogP contribution is 2.29. The number of aromatic nitrogens is 2. The van der Waals surface area contributed by atoms with E-state index in [1.807, 2.05) is 54.7 Å². The lowest BCUT2D eigenvalue weighted by Crippen LogP contribution is -2.14. The summed E-state index contributed by atoms with van der Waals surface area (Å²) in [6, 6.07) is 25.2. The summed E-state index contributed by atoms with van der Waals surface area (Å²) in [4.78, 5) is 17.1. The first-order valence-electron chi connectivity index (χ1n) is 10.0. The van der Waals surface area contributed by atoms with E-state index >= 15 is 0 Å². The average Bonchev–Trinajstić information content (AvgIpc) is 3.21. The number of methoxy groups -OCH3 is 1. The lowest BCUT2D eigenvalue weighted by Gasteiger charge is -2.13. The van der Waals surface area contributed by atoms with Crippen molar-refractivity contribution in [2.45, 2.75) is 11.7 Å². The minimum atomic E-state index is -0.113. The molecule has 1 N–H and O–H groups in total. The van der Waals surface area contributed by atoms with Crippen molar-refractivity contribution in [3.8, 4) is 17.0 Å². The molecule has 7 heteroatoms. The van der Waals surface area contributed by atoms with Gasteiger partial charge in [-0.1, -0.05) is 59.8 Å². The first-order chi connectivity index (χ1) is 15.6. The summed E-state index contributed by atoms with van der Waals surface area (Å²) in [7, 11) is 1.65. The third kappa shape index (κ3) is 5.52. The summed E-state index contributed by atoms with van der Waals surface area (Å²) in [5, 5.41) is 4.24. The van der Waals surface area contributed by atoms with E-state index in [9.17, 15) is 4.79 Å². The van der Waals surface area contributed by atoms with Crippen molar-refractivity contribution >= 4 is 35.0 Å². The van der Waals surface area contributed by atoms with Crippen LogP contribution in [0.25, 0.3) is 11.3 Å². The number of rotatable bonds is 8. The minimum Gasteiger partial charge on any atom is -0.497 e. The molecule has 0 unspecified atom stereocenters. The standard InChI is InChI=1S/C25H22ClN3O2S/c1-31-22-12-10-19(11-13-22)23-15-27-25(29(23)16-18-6-3-2-4-7-18)32-17-24(30)28-21-9-5-8-20(26)14-21/h2-15H,16-17H2,1H3,(H,28,30). The van der Waals surface area contributed by atoms with Crippen LogP contribution >= 0.6 is 23.4 Å². The number of imidazole rings is 1. The zero-order valence-corrected chi connectivity index (χ0v) is 19.1. The van der Waals surface area contributed by atoms with Crippen LogP contribution in [-0.4, -0.2) is 28.3 Å². The fourth-order valence-electron chi connectivity index (χ4n) is 3.28. The number of halogens is 1. The van der Waals surface area contributed by atoms with Crippen LogP contribution in [-0.2, 0) is 11.3 Å². The predicted octanol–water partition coefficient (Wildman–Crippen LogP) is 5.99. The van der Waals surface area contributed by atoms with Crippen LogP contribution in [0.2, 0.25) is 5.02 Å². The summed E-state index contributed by atoms with van der Waals surface area (Å²) >= 11 is 7.40. The molecule has 0 aliphatic carbocycles. The van der Waals surface area contributed by atoms with E-state index in [1.54, 1.807) is 25.3 Å². The van der Waals surface area contributed by atoms with Crippen molar-refractivity contribution in [2.75, 3.05) is 18.2 Å². The maximum atomic E-state index is 12.5. The average molecular weight is 464 g/mol. The van der Waals surface area contributed by atoms with Crippen molar-refractivity contribution in [2.24, 2.45) is 0 Å². The van der Waals surface area contributed by atoms with Crippen LogP contribution in [0.3, 0.4) is 0 Å². The molecule has 1 aromatic heterocycles. The van der Waals surface area contributed by atoms with E-state index < -0.39 is 0 Å². The predicted molar refractivity (Wildman–Crippen MR) is 131 cm³/mol. The molecule has 4 aromatic rings. The second-order valence-electron chi connectivity index (χ2n) is 7.07. The zero-order chi connectivity index (χ0) is 22.3. The fourth-order valence-corrected chi connectivity index (χ4v) is 4.25. The number of thioether (sulfide) groups is 1. The zero-order valence-electron chi connectivity index (χ0n) is 17.5. The molecule has 0 radical (unpaired) electrons. The van der Waals surface area contributed by atoms with Gasteiger partial charge in [-0.25, -0.2) is 4.98 Å². The highest BCUT2D eigenvalue weighted by atomic mass is 35.5. The Hall–Kier alpha value is -3.22. The molecular formula is C25H22ClN3O2S. The van der Waals surface area contributed by atoms with Gasteiger partial charge in [0, 0.05) is 16.3 Å². The Morgan fingerprint density at radius 2 is 1.84 bits per heavy atom. The molecule has 4 rings (SSSR count). The molecular weight excluding hydrogens is 442 g/mol. The molecule has 0 aliphatic rings. The Kier molecular flexibility index (Phi) is 7.14. The number of anilines is 1. The number of carbonyl (C=O) groups excluding carboxylic acids is 1. The van der Waals surface area contributed by atoms with E-state index in [2.05, 4.69) is 27.0 Å². The lowest BCUT2D eigenvalue weighted by atomic mass is 10.1. The van der Waals surface area contributed by atoms with Gasteiger partial charge >= 0.3 is 0 Å². The Balaban J connectivity index is 1.55. The molecule has 0 spiro atoms. The van der Waals surface area contributed by atoms with Gasteiger partial charge in [-0.15, -0.1) is 0 Å². The minimum absolute atomic E-state index is 0.113. The van der Waals surface area contributed by atoms with Crippen LogP contribution in [0, 0.1) is 0 Å². The molecule has 32 heavy (non-hydrogen) atoms.